The Labute approximate surface area is 143 Å². The summed E-state index contributed by atoms with van der Waals surface area (Å²) in [4.78, 5) is 11.8. The summed E-state index contributed by atoms with van der Waals surface area (Å²) in [7, 11) is 0. The number of hydrogen-bond acceptors (Lipinski definition) is 2. The Kier molecular flexibility index (Phi) is 5.91. The maximum Gasteiger partial charge on any atom is 0.319 e. The second-order valence-corrected chi connectivity index (χ2v) is 5.73. The SMILES string of the molecule is O=C(NC[C@H](O)c1cccc(Cl)c1)Nc1cccc(Cl)c1Cl. The molecule has 22 heavy (non-hydrogen) atoms. The number of carbonyl (C=O) groups excluding carboxylic acids is 1. The average molecular weight is 360 g/mol. The van der Waals surface area contributed by atoms with Gasteiger partial charge in [0.25, 0.3) is 0 Å². The molecule has 2 aromatic carbocycles. The van der Waals surface area contributed by atoms with Crippen LogP contribution in [0.5, 0.6) is 0 Å². The van der Waals surface area contributed by atoms with E-state index in [2.05, 4.69) is 10.6 Å². The van der Waals surface area contributed by atoms with Gasteiger partial charge in [-0.1, -0.05) is 53.0 Å². The Bertz CT molecular complexity index is 680. The van der Waals surface area contributed by atoms with Crippen molar-refractivity contribution in [2.75, 3.05) is 11.9 Å². The van der Waals surface area contributed by atoms with Gasteiger partial charge >= 0.3 is 6.03 Å². The highest BCUT2D eigenvalue weighted by Crippen LogP contribution is 2.29. The summed E-state index contributed by atoms with van der Waals surface area (Å²) in [6.45, 7) is 0.0321. The van der Waals surface area contributed by atoms with E-state index in [0.717, 1.165) is 0 Å². The fraction of sp³-hybridized carbons (Fsp3) is 0.133. The summed E-state index contributed by atoms with van der Waals surface area (Å²) in [5, 5.41) is 16.3. The number of halogens is 3. The van der Waals surface area contributed by atoms with Gasteiger partial charge in [0.2, 0.25) is 0 Å². The summed E-state index contributed by atoms with van der Waals surface area (Å²) < 4.78 is 0. The highest BCUT2D eigenvalue weighted by Gasteiger charge is 2.11. The van der Waals surface area contributed by atoms with Crippen molar-refractivity contribution in [3.63, 3.8) is 0 Å². The predicted molar refractivity (Wildman–Crippen MR) is 89.9 cm³/mol. The molecule has 116 valence electrons. The highest BCUT2D eigenvalue weighted by molar-refractivity contribution is 6.43. The summed E-state index contributed by atoms with van der Waals surface area (Å²) in [6.07, 6.45) is -0.862. The topological polar surface area (TPSA) is 61.4 Å². The van der Waals surface area contributed by atoms with Crippen molar-refractivity contribution in [3.8, 4) is 0 Å². The smallest absolute Gasteiger partial charge is 0.319 e. The lowest BCUT2D eigenvalue weighted by atomic mass is 10.1. The molecule has 0 radical (unpaired) electrons. The Morgan fingerprint density at radius 1 is 1.14 bits per heavy atom. The third kappa shape index (κ3) is 4.52. The third-order valence-electron chi connectivity index (χ3n) is 2.89. The van der Waals surface area contributed by atoms with Crippen LogP contribution in [0, 0.1) is 0 Å². The van der Waals surface area contributed by atoms with Crippen LogP contribution in [0.3, 0.4) is 0 Å². The van der Waals surface area contributed by atoms with Crippen molar-refractivity contribution in [3.05, 3.63) is 63.1 Å². The normalized spacial score (nSPS) is 11.8. The van der Waals surface area contributed by atoms with Gasteiger partial charge in [-0.25, -0.2) is 4.79 Å². The van der Waals surface area contributed by atoms with E-state index in [0.29, 0.717) is 21.3 Å². The Balaban J connectivity index is 1.91. The second kappa shape index (κ2) is 7.70. The van der Waals surface area contributed by atoms with E-state index in [1.807, 2.05) is 0 Å². The molecule has 0 saturated heterocycles. The van der Waals surface area contributed by atoms with Crippen LogP contribution >= 0.6 is 34.8 Å². The van der Waals surface area contributed by atoms with E-state index in [1.54, 1.807) is 42.5 Å². The number of benzene rings is 2. The van der Waals surface area contributed by atoms with Crippen molar-refractivity contribution in [2.45, 2.75) is 6.10 Å². The Morgan fingerprint density at radius 3 is 2.59 bits per heavy atom. The maximum atomic E-state index is 11.8. The molecule has 2 amide bonds. The van der Waals surface area contributed by atoms with Crippen LogP contribution in [-0.2, 0) is 0 Å². The number of rotatable bonds is 4. The summed E-state index contributed by atoms with van der Waals surface area (Å²) in [5.74, 6) is 0. The van der Waals surface area contributed by atoms with Gasteiger partial charge in [-0.05, 0) is 29.8 Å². The fourth-order valence-electron chi connectivity index (χ4n) is 1.79. The molecule has 0 spiro atoms. The molecule has 0 aliphatic heterocycles. The van der Waals surface area contributed by atoms with Gasteiger partial charge in [-0.15, -0.1) is 0 Å². The largest absolute Gasteiger partial charge is 0.387 e. The first-order valence-electron chi connectivity index (χ1n) is 6.40. The van der Waals surface area contributed by atoms with Gasteiger partial charge in [-0.3, -0.25) is 0 Å². The van der Waals surface area contributed by atoms with Crippen molar-refractivity contribution in [2.24, 2.45) is 0 Å². The molecule has 2 aromatic rings. The number of aliphatic hydroxyl groups excluding tert-OH is 1. The summed E-state index contributed by atoms with van der Waals surface area (Å²) >= 11 is 17.7. The molecule has 4 nitrogen and oxygen atoms in total. The molecule has 7 heteroatoms. The van der Waals surface area contributed by atoms with Crippen LogP contribution in [0.1, 0.15) is 11.7 Å². The molecule has 0 fully saturated rings. The molecule has 0 saturated carbocycles. The Morgan fingerprint density at radius 2 is 1.86 bits per heavy atom. The van der Waals surface area contributed by atoms with Gasteiger partial charge in [0.1, 0.15) is 0 Å². The first kappa shape index (κ1) is 16.9. The molecule has 0 aliphatic rings. The van der Waals surface area contributed by atoms with E-state index in [-0.39, 0.29) is 11.6 Å². The first-order chi connectivity index (χ1) is 10.5. The third-order valence-corrected chi connectivity index (χ3v) is 3.94. The van der Waals surface area contributed by atoms with Crippen molar-refractivity contribution in [1.82, 2.24) is 5.32 Å². The molecule has 0 heterocycles. The van der Waals surface area contributed by atoms with Crippen molar-refractivity contribution >= 4 is 46.5 Å². The molecule has 0 aromatic heterocycles. The lowest BCUT2D eigenvalue weighted by Crippen LogP contribution is -2.32. The second-order valence-electron chi connectivity index (χ2n) is 4.51. The van der Waals surface area contributed by atoms with E-state index >= 15 is 0 Å². The van der Waals surface area contributed by atoms with Crippen LogP contribution in [0.2, 0.25) is 15.1 Å². The number of anilines is 1. The van der Waals surface area contributed by atoms with Gasteiger partial charge < -0.3 is 15.7 Å². The molecular formula is C15H13Cl3N2O2. The lowest BCUT2D eigenvalue weighted by Gasteiger charge is -2.14. The number of urea groups is 1. The van der Waals surface area contributed by atoms with Crippen LogP contribution in [-0.4, -0.2) is 17.7 Å². The van der Waals surface area contributed by atoms with Gasteiger partial charge in [0, 0.05) is 11.6 Å². The number of hydrogen-bond donors (Lipinski definition) is 3. The molecule has 3 N–H and O–H groups in total. The number of nitrogens with one attached hydrogen (secondary N) is 2. The molecule has 0 unspecified atom stereocenters. The highest BCUT2D eigenvalue weighted by atomic mass is 35.5. The van der Waals surface area contributed by atoms with Crippen LogP contribution in [0.4, 0.5) is 10.5 Å². The number of carbonyl (C=O) groups is 1. The van der Waals surface area contributed by atoms with Crippen LogP contribution in [0.25, 0.3) is 0 Å². The maximum absolute atomic E-state index is 11.8. The average Bonchev–Trinajstić information content (AvgIpc) is 2.49. The predicted octanol–water partition coefficient (Wildman–Crippen LogP) is 4.50. The zero-order valence-electron chi connectivity index (χ0n) is 11.3. The zero-order valence-corrected chi connectivity index (χ0v) is 13.6. The number of aliphatic hydroxyl groups is 1. The van der Waals surface area contributed by atoms with Crippen LogP contribution < -0.4 is 10.6 Å². The van der Waals surface area contributed by atoms with E-state index in [1.165, 1.54) is 0 Å². The van der Waals surface area contributed by atoms with Crippen molar-refractivity contribution < 1.29 is 9.90 Å². The van der Waals surface area contributed by atoms with Crippen LogP contribution in [0.15, 0.2) is 42.5 Å². The monoisotopic (exact) mass is 358 g/mol. The van der Waals surface area contributed by atoms with Gasteiger partial charge in [-0.2, -0.15) is 0 Å². The molecule has 2 rings (SSSR count). The Hall–Kier alpha value is -1.46. The minimum absolute atomic E-state index is 0.0321. The van der Waals surface area contributed by atoms with Gasteiger partial charge in [0.05, 0.1) is 21.8 Å². The summed E-state index contributed by atoms with van der Waals surface area (Å²) in [5.41, 5.74) is 1.01. The molecule has 0 aliphatic carbocycles. The fourth-order valence-corrected chi connectivity index (χ4v) is 2.33. The molecular weight excluding hydrogens is 347 g/mol. The van der Waals surface area contributed by atoms with Gasteiger partial charge in [0.15, 0.2) is 0 Å². The summed E-state index contributed by atoms with van der Waals surface area (Å²) in [6, 6.07) is 11.2. The molecule has 1 atom stereocenters. The minimum atomic E-state index is -0.862. The van der Waals surface area contributed by atoms with E-state index in [4.69, 9.17) is 34.8 Å². The lowest BCUT2D eigenvalue weighted by molar-refractivity contribution is 0.175. The number of amides is 2. The first-order valence-corrected chi connectivity index (χ1v) is 7.53. The van der Waals surface area contributed by atoms with E-state index < -0.39 is 12.1 Å². The zero-order chi connectivity index (χ0) is 16.1. The standard InChI is InChI=1S/C15H13Cl3N2O2/c16-10-4-1-3-9(7-10)13(21)8-19-15(22)20-12-6-2-5-11(17)14(12)18/h1-7,13,21H,8H2,(H2,19,20,22)/t13-/m0/s1. The minimum Gasteiger partial charge on any atom is -0.387 e. The van der Waals surface area contributed by atoms with Crippen molar-refractivity contribution in [1.29, 1.82) is 0 Å². The van der Waals surface area contributed by atoms with E-state index in [9.17, 15) is 9.90 Å². The quantitative estimate of drug-likeness (QED) is 0.752. The molecule has 0 bridgehead atoms.